The molecule has 1 aliphatic heterocycles. The van der Waals surface area contributed by atoms with E-state index in [1.54, 1.807) is 18.2 Å². The van der Waals surface area contributed by atoms with E-state index in [1.165, 1.54) is 34.9 Å². The Morgan fingerprint density at radius 1 is 1.30 bits per heavy atom. The molecule has 1 aromatic carbocycles. The van der Waals surface area contributed by atoms with Crippen LogP contribution in [0.15, 0.2) is 22.5 Å². The molecule has 2 aromatic rings. The van der Waals surface area contributed by atoms with Crippen LogP contribution in [-0.2, 0) is 20.4 Å². The van der Waals surface area contributed by atoms with Crippen LogP contribution in [0.3, 0.4) is 0 Å². The minimum atomic E-state index is -2.93. The fourth-order valence-corrected chi connectivity index (χ4v) is 8.32. The van der Waals surface area contributed by atoms with Crippen LogP contribution in [0.1, 0.15) is 12.0 Å². The lowest BCUT2D eigenvalue weighted by atomic mass is 10.2. The second-order valence-corrected chi connectivity index (χ2v) is 12.3. The monoisotopic (exact) mass is 483 g/mol. The summed E-state index contributed by atoms with van der Waals surface area (Å²) in [4.78, 5) is 12.0. The van der Waals surface area contributed by atoms with Crippen LogP contribution >= 0.6 is 58.1 Å². The Morgan fingerprint density at radius 3 is 2.70 bits per heavy atom. The smallest absolute Gasteiger partial charge is 0.236 e. The van der Waals surface area contributed by atoms with E-state index >= 15 is 0 Å². The largest absolute Gasteiger partial charge is 0.300 e. The number of halogens is 2. The minimum absolute atomic E-state index is 0.0124. The molecule has 0 aliphatic carbocycles. The topological polar surface area (TPSA) is 89.0 Å². The predicted octanol–water partition coefficient (Wildman–Crippen LogP) is 4.00. The first-order valence-electron chi connectivity index (χ1n) is 7.83. The van der Waals surface area contributed by atoms with Gasteiger partial charge in [-0.2, -0.15) is 0 Å². The fraction of sp³-hybridized carbons (Fsp3) is 0.400. The highest BCUT2D eigenvalue weighted by molar-refractivity contribution is 8.02. The van der Waals surface area contributed by atoms with Crippen LogP contribution in [0.4, 0.5) is 5.13 Å². The van der Waals surface area contributed by atoms with Gasteiger partial charge in [-0.3, -0.25) is 10.1 Å². The molecule has 1 amide bonds. The van der Waals surface area contributed by atoms with E-state index in [2.05, 4.69) is 15.5 Å². The van der Waals surface area contributed by atoms with E-state index in [0.29, 0.717) is 31.7 Å². The van der Waals surface area contributed by atoms with E-state index in [9.17, 15) is 13.2 Å². The molecule has 12 heteroatoms. The maximum atomic E-state index is 12.0. The number of thioether (sulfide) groups is 2. The van der Waals surface area contributed by atoms with Gasteiger partial charge in [-0.1, -0.05) is 52.4 Å². The van der Waals surface area contributed by atoms with Crippen molar-refractivity contribution in [2.24, 2.45) is 0 Å². The molecular weight excluding hydrogens is 469 g/mol. The summed E-state index contributed by atoms with van der Waals surface area (Å²) in [5.41, 5.74) is 0.828. The fourth-order valence-electron chi connectivity index (χ4n) is 2.36. The Bertz CT molecular complexity index is 916. The van der Waals surface area contributed by atoms with Crippen LogP contribution in [-0.4, -0.2) is 47.0 Å². The minimum Gasteiger partial charge on any atom is -0.300 e. The van der Waals surface area contributed by atoms with Gasteiger partial charge in [-0.25, -0.2) is 8.42 Å². The van der Waals surface area contributed by atoms with Gasteiger partial charge in [0.25, 0.3) is 0 Å². The first kappa shape index (κ1) is 21.2. The van der Waals surface area contributed by atoms with E-state index in [-0.39, 0.29) is 28.4 Å². The molecule has 1 atom stereocenters. The number of hydrogen-bond acceptors (Lipinski definition) is 8. The number of rotatable bonds is 7. The van der Waals surface area contributed by atoms with Gasteiger partial charge in [0.2, 0.25) is 11.0 Å². The zero-order chi connectivity index (χ0) is 19.4. The molecule has 3 rings (SSSR count). The second-order valence-electron chi connectivity index (χ2n) is 5.75. The molecule has 0 bridgehead atoms. The number of nitrogens with zero attached hydrogens (tertiary/aromatic N) is 2. The normalized spacial score (nSPS) is 18.5. The van der Waals surface area contributed by atoms with Gasteiger partial charge in [-0.05, 0) is 24.1 Å². The molecule has 0 unspecified atom stereocenters. The second kappa shape index (κ2) is 9.32. The molecule has 1 aromatic heterocycles. The van der Waals surface area contributed by atoms with Crippen molar-refractivity contribution in [2.45, 2.75) is 21.8 Å². The number of sulfone groups is 1. The van der Waals surface area contributed by atoms with E-state index in [1.807, 2.05) is 0 Å². The Balaban J connectivity index is 1.47. The summed E-state index contributed by atoms with van der Waals surface area (Å²) < 4.78 is 23.6. The van der Waals surface area contributed by atoms with E-state index in [0.717, 1.165) is 5.56 Å². The highest BCUT2D eigenvalue weighted by atomic mass is 35.5. The lowest BCUT2D eigenvalue weighted by Gasteiger charge is -2.06. The average Bonchev–Trinajstić information content (AvgIpc) is 3.18. The van der Waals surface area contributed by atoms with E-state index < -0.39 is 9.84 Å². The summed E-state index contributed by atoms with van der Waals surface area (Å²) in [6.07, 6.45) is 0.602. The summed E-state index contributed by atoms with van der Waals surface area (Å²) in [5, 5.41) is 12.3. The highest BCUT2D eigenvalue weighted by Crippen LogP contribution is 2.33. The van der Waals surface area contributed by atoms with Gasteiger partial charge in [-0.15, -0.1) is 22.0 Å². The third kappa shape index (κ3) is 6.23. The molecule has 1 aliphatic rings. The summed E-state index contributed by atoms with van der Waals surface area (Å²) in [5.74, 6) is 0.879. The molecule has 6 nitrogen and oxygen atoms in total. The van der Waals surface area contributed by atoms with Crippen molar-refractivity contribution in [3.63, 3.8) is 0 Å². The van der Waals surface area contributed by atoms with Gasteiger partial charge in [0.05, 0.1) is 17.3 Å². The number of benzene rings is 1. The summed E-state index contributed by atoms with van der Waals surface area (Å²) in [6, 6.07) is 5.35. The standard InChI is InChI=1S/C15H15Cl2N3O3S4/c16-11-2-1-3-12(17)10(11)6-25-15-20-19-14(26-15)18-13(21)7-24-9-4-5-27(22,23)8-9/h1-3,9H,4-8H2,(H,18,19,21)/t9-/m1/s1. The first-order chi connectivity index (χ1) is 12.8. The van der Waals surface area contributed by atoms with Crippen LogP contribution in [0.25, 0.3) is 0 Å². The average molecular weight is 484 g/mol. The van der Waals surface area contributed by atoms with E-state index in [4.69, 9.17) is 23.2 Å². The SMILES string of the molecule is O=C(CS[C@@H]1CCS(=O)(=O)C1)Nc1nnc(SCc2c(Cl)cccc2Cl)s1. The van der Waals surface area contributed by atoms with Crippen molar-refractivity contribution in [1.29, 1.82) is 0 Å². The van der Waals surface area contributed by atoms with Crippen LogP contribution in [0.5, 0.6) is 0 Å². The lowest BCUT2D eigenvalue weighted by Crippen LogP contribution is -2.17. The number of carbonyl (C=O) groups excluding carboxylic acids is 1. The molecule has 0 spiro atoms. The third-order valence-electron chi connectivity index (χ3n) is 3.70. The summed E-state index contributed by atoms with van der Waals surface area (Å²) in [6.45, 7) is 0. The molecule has 1 saturated heterocycles. The Morgan fingerprint density at radius 2 is 2.04 bits per heavy atom. The van der Waals surface area contributed by atoms with Gasteiger partial charge in [0, 0.05) is 21.0 Å². The van der Waals surface area contributed by atoms with Crippen molar-refractivity contribution in [2.75, 3.05) is 22.6 Å². The van der Waals surface area contributed by atoms with Crippen molar-refractivity contribution >= 4 is 78.9 Å². The van der Waals surface area contributed by atoms with Gasteiger partial charge in [0.1, 0.15) is 0 Å². The molecule has 146 valence electrons. The van der Waals surface area contributed by atoms with Gasteiger partial charge < -0.3 is 0 Å². The maximum Gasteiger partial charge on any atom is 0.236 e. The number of nitrogens with one attached hydrogen (secondary N) is 1. The Hall–Kier alpha value is -0.520. The van der Waals surface area contributed by atoms with Gasteiger partial charge in [0.15, 0.2) is 14.2 Å². The van der Waals surface area contributed by atoms with Crippen LogP contribution in [0, 0.1) is 0 Å². The first-order valence-corrected chi connectivity index (χ1v) is 13.3. The Kier molecular flexibility index (Phi) is 7.32. The zero-order valence-corrected chi connectivity index (χ0v) is 18.6. The zero-order valence-electron chi connectivity index (χ0n) is 13.9. The van der Waals surface area contributed by atoms with Crippen molar-refractivity contribution in [3.8, 4) is 0 Å². The highest BCUT2D eigenvalue weighted by Gasteiger charge is 2.28. The van der Waals surface area contributed by atoms with Crippen molar-refractivity contribution < 1.29 is 13.2 Å². The molecule has 1 fully saturated rings. The van der Waals surface area contributed by atoms with Crippen molar-refractivity contribution in [1.82, 2.24) is 10.2 Å². The maximum absolute atomic E-state index is 12.0. The number of amides is 1. The number of aromatic nitrogens is 2. The quantitative estimate of drug-likeness (QED) is 0.470. The molecule has 27 heavy (non-hydrogen) atoms. The molecule has 0 radical (unpaired) electrons. The van der Waals surface area contributed by atoms with Gasteiger partial charge >= 0.3 is 0 Å². The third-order valence-corrected chi connectivity index (χ3v) is 9.68. The summed E-state index contributed by atoms with van der Waals surface area (Å²) >= 11 is 16.4. The number of anilines is 1. The van der Waals surface area contributed by atoms with Crippen molar-refractivity contribution in [3.05, 3.63) is 33.8 Å². The molecular formula is C15H15Cl2N3O3S4. The molecule has 0 saturated carbocycles. The number of hydrogen-bond donors (Lipinski definition) is 1. The lowest BCUT2D eigenvalue weighted by molar-refractivity contribution is -0.113. The summed E-state index contributed by atoms with van der Waals surface area (Å²) in [7, 11) is -2.93. The van der Waals surface area contributed by atoms with Crippen LogP contribution < -0.4 is 5.32 Å². The molecule has 2 heterocycles. The Labute approximate surface area is 179 Å². The molecule has 1 N–H and O–H groups in total. The predicted molar refractivity (Wildman–Crippen MR) is 114 cm³/mol. The number of carbonyl (C=O) groups is 1. The van der Waals surface area contributed by atoms with Crippen LogP contribution in [0.2, 0.25) is 10.0 Å².